The Labute approximate surface area is 150 Å². The van der Waals surface area contributed by atoms with Crippen LogP contribution >= 0.6 is 23.2 Å². The lowest BCUT2D eigenvalue weighted by atomic mass is 10.1. The van der Waals surface area contributed by atoms with Gasteiger partial charge in [0.15, 0.2) is 0 Å². The van der Waals surface area contributed by atoms with Crippen molar-refractivity contribution in [1.82, 2.24) is 9.80 Å². The number of carbonyl (C=O) groups excluding carboxylic acids is 2. The molecule has 0 unspecified atom stereocenters. The molecule has 1 saturated heterocycles. The number of benzene rings is 2. The van der Waals surface area contributed by atoms with E-state index in [4.69, 9.17) is 23.2 Å². The Morgan fingerprint density at radius 1 is 0.750 bits per heavy atom. The molecule has 1 heterocycles. The Morgan fingerprint density at radius 3 is 1.96 bits per heavy atom. The van der Waals surface area contributed by atoms with Gasteiger partial charge in [-0.15, -0.1) is 0 Å². The molecular formula is C18H16Cl2N2O2. The van der Waals surface area contributed by atoms with Crippen molar-refractivity contribution in [2.24, 2.45) is 0 Å². The molecule has 2 aromatic carbocycles. The average Bonchev–Trinajstić information content (AvgIpc) is 2.64. The number of halogens is 2. The minimum atomic E-state index is -0.158. The quantitative estimate of drug-likeness (QED) is 0.818. The summed E-state index contributed by atoms with van der Waals surface area (Å²) in [6.07, 6.45) is 0. The van der Waals surface area contributed by atoms with Crippen molar-refractivity contribution in [3.8, 4) is 0 Å². The second-order valence-corrected chi connectivity index (χ2v) is 6.34. The van der Waals surface area contributed by atoms with E-state index in [9.17, 15) is 9.59 Å². The standard InChI is InChI=1S/C18H16Cl2N2O2/c19-15-8-4-7-14(16(15)20)18(24)22-11-9-21(10-12-22)17(23)13-5-2-1-3-6-13/h1-8H,9-12H2. The van der Waals surface area contributed by atoms with E-state index in [0.717, 1.165) is 0 Å². The highest BCUT2D eigenvalue weighted by atomic mass is 35.5. The lowest BCUT2D eigenvalue weighted by molar-refractivity contribution is 0.0535. The van der Waals surface area contributed by atoms with Crippen molar-refractivity contribution >= 4 is 35.0 Å². The summed E-state index contributed by atoms with van der Waals surface area (Å²) in [6.45, 7) is 1.94. The molecule has 4 nitrogen and oxygen atoms in total. The van der Waals surface area contributed by atoms with Gasteiger partial charge in [0.05, 0.1) is 15.6 Å². The van der Waals surface area contributed by atoms with Crippen molar-refractivity contribution in [2.45, 2.75) is 0 Å². The number of amides is 2. The molecule has 2 aromatic rings. The van der Waals surface area contributed by atoms with E-state index in [0.29, 0.717) is 42.3 Å². The Morgan fingerprint density at radius 2 is 1.33 bits per heavy atom. The van der Waals surface area contributed by atoms with Gasteiger partial charge in [0.25, 0.3) is 11.8 Å². The van der Waals surface area contributed by atoms with Crippen LogP contribution in [0.5, 0.6) is 0 Å². The first-order chi connectivity index (χ1) is 11.6. The molecule has 0 aromatic heterocycles. The normalized spacial score (nSPS) is 14.6. The van der Waals surface area contributed by atoms with E-state index in [1.807, 2.05) is 18.2 Å². The molecule has 124 valence electrons. The van der Waals surface area contributed by atoms with Gasteiger partial charge in [-0.25, -0.2) is 0 Å². The predicted molar refractivity (Wildman–Crippen MR) is 94.7 cm³/mol. The predicted octanol–water partition coefficient (Wildman–Crippen LogP) is 3.59. The lowest BCUT2D eigenvalue weighted by Crippen LogP contribution is -2.50. The molecule has 1 aliphatic heterocycles. The topological polar surface area (TPSA) is 40.6 Å². The van der Waals surface area contributed by atoms with E-state index in [1.165, 1.54) is 0 Å². The van der Waals surface area contributed by atoms with Crippen LogP contribution in [-0.4, -0.2) is 47.8 Å². The summed E-state index contributed by atoms with van der Waals surface area (Å²) in [6, 6.07) is 14.2. The molecular weight excluding hydrogens is 347 g/mol. The molecule has 0 atom stereocenters. The third kappa shape index (κ3) is 3.40. The summed E-state index contributed by atoms with van der Waals surface area (Å²) < 4.78 is 0. The first kappa shape index (κ1) is 16.8. The molecule has 0 aliphatic carbocycles. The van der Waals surface area contributed by atoms with Gasteiger partial charge in [-0.3, -0.25) is 9.59 Å². The highest BCUT2D eigenvalue weighted by Crippen LogP contribution is 2.26. The van der Waals surface area contributed by atoms with Crippen LogP contribution in [0.1, 0.15) is 20.7 Å². The van der Waals surface area contributed by atoms with Crippen molar-refractivity contribution in [3.63, 3.8) is 0 Å². The fourth-order valence-electron chi connectivity index (χ4n) is 2.72. The van der Waals surface area contributed by atoms with Crippen molar-refractivity contribution < 1.29 is 9.59 Å². The second kappa shape index (κ2) is 7.24. The van der Waals surface area contributed by atoms with Crippen LogP contribution in [0, 0.1) is 0 Å². The molecule has 0 saturated carbocycles. The largest absolute Gasteiger partial charge is 0.335 e. The van der Waals surface area contributed by atoms with Crippen LogP contribution in [0.25, 0.3) is 0 Å². The number of hydrogen-bond acceptors (Lipinski definition) is 2. The summed E-state index contributed by atoms with van der Waals surface area (Å²) in [7, 11) is 0. The van der Waals surface area contributed by atoms with E-state index in [2.05, 4.69) is 0 Å². The first-order valence-corrected chi connectivity index (χ1v) is 8.41. The van der Waals surface area contributed by atoms with Gasteiger partial charge in [-0.05, 0) is 24.3 Å². The second-order valence-electron chi connectivity index (χ2n) is 5.55. The molecule has 0 N–H and O–H groups in total. The molecule has 0 bridgehead atoms. The molecule has 2 amide bonds. The van der Waals surface area contributed by atoms with Gasteiger partial charge in [-0.2, -0.15) is 0 Å². The molecule has 1 fully saturated rings. The summed E-state index contributed by atoms with van der Waals surface area (Å²) in [5.74, 6) is -0.169. The fraction of sp³-hybridized carbons (Fsp3) is 0.222. The zero-order valence-electron chi connectivity index (χ0n) is 12.9. The highest BCUT2D eigenvalue weighted by molar-refractivity contribution is 6.43. The number of nitrogens with zero attached hydrogens (tertiary/aromatic N) is 2. The molecule has 0 spiro atoms. The number of rotatable bonds is 2. The van der Waals surface area contributed by atoms with Gasteiger partial charge in [0.1, 0.15) is 0 Å². The van der Waals surface area contributed by atoms with Crippen LogP contribution in [-0.2, 0) is 0 Å². The molecule has 3 rings (SSSR count). The minimum Gasteiger partial charge on any atom is -0.335 e. The van der Waals surface area contributed by atoms with E-state index >= 15 is 0 Å². The number of piperazine rings is 1. The van der Waals surface area contributed by atoms with Crippen LogP contribution in [0.2, 0.25) is 10.0 Å². The fourth-order valence-corrected chi connectivity index (χ4v) is 3.10. The number of hydrogen-bond donors (Lipinski definition) is 0. The monoisotopic (exact) mass is 362 g/mol. The van der Waals surface area contributed by atoms with Crippen LogP contribution < -0.4 is 0 Å². The Hall–Kier alpha value is -2.04. The van der Waals surface area contributed by atoms with E-state index in [1.54, 1.807) is 40.1 Å². The van der Waals surface area contributed by atoms with Gasteiger partial charge in [-0.1, -0.05) is 47.5 Å². The summed E-state index contributed by atoms with van der Waals surface area (Å²) in [4.78, 5) is 28.5. The zero-order chi connectivity index (χ0) is 17.1. The maximum absolute atomic E-state index is 12.6. The Balaban J connectivity index is 1.66. The molecule has 24 heavy (non-hydrogen) atoms. The smallest absolute Gasteiger partial charge is 0.255 e. The van der Waals surface area contributed by atoms with E-state index < -0.39 is 0 Å². The van der Waals surface area contributed by atoms with Crippen molar-refractivity contribution in [3.05, 3.63) is 69.7 Å². The van der Waals surface area contributed by atoms with Gasteiger partial charge >= 0.3 is 0 Å². The SMILES string of the molecule is O=C(c1ccccc1)N1CCN(C(=O)c2cccc(Cl)c2Cl)CC1. The van der Waals surface area contributed by atoms with Crippen LogP contribution in [0.15, 0.2) is 48.5 Å². The number of carbonyl (C=O) groups is 2. The molecule has 1 aliphatic rings. The summed E-state index contributed by atoms with van der Waals surface area (Å²) in [5, 5.41) is 0.632. The highest BCUT2D eigenvalue weighted by Gasteiger charge is 2.26. The third-order valence-electron chi connectivity index (χ3n) is 4.06. The zero-order valence-corrected chi connectivity index (χ0v) is 14.4. The van der Waals surface area contributed by atoms with Crippen molar-refractivity contribution in [1.29, 1.82) is 0 Å². The maximum atomic E-state index is 12.6. The van der Waals surface area contributed by atoms with Gasteiger partial charge in [0.2, 0.25) is 0 Å². The van der Waals surface area contributed by atoms with Gasteiger partial charge in [0, 0.05) is 31.7 Å². The summed E-state index contributed by atoms with van der Waals surface area (Å²) >= 11 is 12.1. The average molecular weight is 363 g/mol. The lowest BCUT2D eigenvalue weighted by Gasteiger charge is -2.35. The minimum absolute atomic E-state index is 0.0107. The first-order valence-electron chi connectivity index (χ1n) is 7.65. The Bertz CT molecular complexity index is 757. The third-order valence-corrected chi connectivity index (χ3v) is 4.88. The molecule has 0 radical (unpaired) electrons. The molecule has 6 heteroatoms. The van der Waals surface area contributed by atoms with E-state index in [-0.39, 0.29) is 16.8 Å². The Kier molecular flexibility index (Phi) is 5.07. The summed E-state index contributed by atoms with van der Waals surface area (Å²) in [5.41, 5.74) is 1.06. The van der Waals surface area contributed by atoms with Crippen LogP contribution in [0.3, 0.4) is 0 Å². The van der Waals surface area contributed by atoms with Crippen molar-refractivity contribution in [2.75, 3.05) is 26.2 Å². The van der Waals surface area contributed by atoms with Gasteiger partial charge < -0.3 is 9.80 Å². The van der Waals surface area contributed by atoms with Crippen LogP contribution in [0.4, 0.5) is 0 Å². The maximum Gasteiger partial charge on any atom is 0.255 e.